The molecule has 0 bridgehead atoms. The molecule has 144 valence electrons. The minimum atomic E-state index is -0.570. The number of halogens is 1. The molecular weight excluding hydrogens is 404 g/mol. The standard InChI is InChI=1S/C22H27BrN2O2/c1-16(21(27)24-22(2,3)4)25(15-18-11-8-12-19(23)13-18)20(26)14-17-9-6-5-7-10-17/h5-13,16H,14-15H2,1-4H3,(H,24,27)/t16-/m0/s1. The van der Waals surface area contributed by atoms with E-state index in [-0.39, 0.29) is 23.8 Å². The van der Waals surface area contributed by atoms with E-state index in [9.17, 15) is 9.59 Å². The molecule has 1 N–H and O–H groups in total. The zero-order valence-electron chi connectivity index (χ0n) is 16.3. The van der Waals surface area contributed by atoms with Crippen molar-refractivity contribution in [2.24, 2.45) is 0 Å². The molecule has 2 aromatic carbocycles. The number of carbonyl (C=O) groups is 2. The van der Waals surface area contributed by atoms with Gasteiger partial charge >= 0.3 is 0 Å². The normalized spacial score (nSPS) is 12.3. The highest BCUT2D eigenvalue weighted by Gasteiger charge is 2.28. The first-order valence-corrected chi connectivity index (χ1v) is 9.85. The van der Waals surface area contributed by atoms with Crippen LogP contribution in [-0.2, 0) is 22.6 Å². The van der Waals surface area contributed by atoms with Crippen LogP contribution in [0.3, 0.4) is 0 Å². The molecule has 0 fully saturated rings. The Kier molecular flexibility index (Phi) is 7.19. The molecule has 2 aromatic rings. The second-order valence-corrected chi connectivity index (χ2v) is 8.64. The number of hydrogen-bond donors (Lipinski definition) is 1. The third kappa shape index (κ3) is 6.83. The average Bonchev–Trinajstić information content (AvgIpc) is 2.58. The summed E-state index contributed by atoms with van der Waals surface area (Å²) < 4.78 is 0.947. The number of carbonyl (C=O) groups excluding carboxylic acids is 2. The summed E-state index contributed by atoms with van der Waals surface area (Å²) in [7, 11) is 0. The average molecular weight is 431 g/mol. The van der Waals surface area contributed by atoms with Crippen LogP contribution in [0.4, 0.5) is 0 Å². The van der Waals surface area contributed by atoms with Crippen LogP contribution in [0, 0.1) is 0 Å². The molecular formula is C22H27BrN2O2. The fourth-order valence-corrected chi connectivity index (χ4v) is 3.21. The lowest BCUT2D eigenvalue weighted by Crippen LogP contribution is -2.52. The van der Waals surface area contributed by atoms with Crippen molar-refractivity contribution in [1.29, 1.82) is 0 Å². The summed E-state index contributed by atoms with van der Waals surface area (Å²) in [6.07, 6.45) is 0.266. The highest BCUT2D eigenvalue weighted by Crippen LogP contribution is 2.17. The highest BCUT2D eigenvalue weighted by atomic mass is 79.9. The Bertz CT molecular complexity index is 784. The Morgan fingerprint density at radius 3 is 2.26 bits per heavy atom. The smallest absolute Gasteiger partial charge is 0.242 e. The number of amides is 2. The van der Waals surface area contributed by atoms with Gasteiger partial charge in [-0.3, -0.25) is 9.59 Å². The molecule has 4 nitrogen and oxygen atoms in total. The Morgan fingerprint density at radius 2 is 1.67 bits per heavy atom. The van der Waals surface area contributed by atoms with Crippen molar-refractivity contribution in [2.45, 2.75) is 52.2 Å². The monoisotopic (exact) mass is 430 g/mol. The fraction of sp³-hybridized carbons (Fsp3) is 0.364. The van der Waals surface area contributed by atoms with E-state index in [2.05, 4.69) is 21.2 Å². The molecule has 0 saturated carbocycles. The zero-order chi connectivity index (χ0) is 20.0. The molecule has 0 unspecified atom stereocenters. The predicted molar refractivity (Wildman–Crippen MR) is 112 cm³/mol. The summed E-state index contributed by atoms with van der Waals surface area (Å²) >= 11 is 3.47. The van der Waals surface area contributed by atoms with Gasteiger partial charge in [-0.25, -0.2) is 0 Å². The van der Waals surface area contributed by atoms with E-state index >= 15 is 0 Å². The Hall–Kier alpha value is -2.14. The number of nitrogens with zero attached hydrogens (tertiary/aromatic N) is 1. The molecule has 0 spiro atoms. The first kappa shape index (κ1) is 21.2. The fourth-order valence-electron chi connectivity index (χ4n) is 2.76. The predicted octanol–water partition coefficient (Wildman–Crippen LogP) is 4.32. The molecule has 1 atom stereocenters. The van der Waals surface area contributed by atoms with Crippen LogP contribution < -0.4 is 5.32 Å². The second kappa shape index (κ2) is 9.18. The van der Waals surface area contributed by atoms with Gasteiger partial charge in [0.25, 0.3) is 0 Å². The van der Waals surface area contributed by atoms with E-state index in [1.54, 1.807) is 11.8 Å². The maximum Gasteiger partial charge on any atom is 0.242 e. The van der Waals surface area contributed by atoms with Crippen molar-refractivity contribution < 1.29 is 9.59 Å². The first-order valence-electron chi connectivity index (χ1n) is 9.05. The van der Waals surface area contributed by atoms with Gasteiger partial charge < -0.3 is 10.2 Å². The largest absolute Gasteiger partial charge is 0.350 e. The van der Waals surface area contributed by atoms with Crippen molar-refractivity contribution in [3.05, 3.63) is 70.2 Å². The van der Waals surface area contributed by atoms with Crippen molar-refractivity contribution in [1.82, 2.24) is 10.2 Å². The summed E-state index contributed by atoms with van der Waals surface area (Å²) in [6.45, 7) is 7.96. The van der Waals surface area contributed by atoms with Crippen LogP contribution in [0.15, 0.2) is 59.1 Å². The van der Waals surface area contributed by atoms with Crippen LogP contribution in [0.2, 0.25) is 0 Å². The van der Waals surface area contributed by atoms with Crippen LogP contribution >= 0.6 is 15.9 Å². The lowest BCUT2D eigenvalue weighted by atomic mass is 10.1. The third-order valence-electron chi connectivity index (χ3n) is 4.11. The minimum absolute atomic E-state index is 0.0715. The van der Waals surface area contributed by atoms with E-state index < -0.39 is 6.04 Å². The van der Waals surface area contributed by atoms with Gasteiger partial charge in [0, 0.05) is 16.6 Å². The molecule has 0 aliphatic carbocycles. The van der Waals surface area contributed by atoms with Crippen LogP contribution in [-0.4, -0.2) is 28.3 Å². The molecule has 0 radical (unpaired) electrons. The van der Waals surface area contributed by atoms with E-state index in [1.165, 1.54) is 0 Å². The summed E-state index contributed by atoms with van der Waals surface area (Å²) in [5.41, 5.74) is 1.56. The van der Waals surface area contributed by atoms with Gasteiger partial charge in [-0.2, -0.15) is 0 Å². The molecule has 0 aliphatic heterocycles. The van der Waals surface area contributed by atoms with Gasteiger partial charge in [0.1, 0.15) is 6.04 Å². The summed E-state index contributed by atoms with van der Waals surface area (Å²) in [4.78, 5) is 27.4. The van der Waals surface area contributed by atoms with Crippen molar-refractivity contribution in [3.63, 3.8) is 0 Å². The van der Waals surface area contributed by atoms with Gasteiger partial charge in [-0.1, -0.05) is 58.4 Å². The minimum Gasteiger partial charge on any atom is -0.350 e. The molecule has 27 heavy (non-hydrogen) atoms. The van der Waals surface area contributed by atoms with Gasteiger partial charge in [-0.15, -0.1) is 0 Å². The van der Waals surface area contributed by atoms with Crippen LogP contribution in [0.25, 0.3) is 0 Å². The van der Waals surface area contributed by atoms with Crippen LogP contribution in [0.5, 0.6) is 0 Å². The maximum atomic E-state index is 13.0. The molecule has 0 saturated heterocycles. The van der Waals surface area contributed by atoms with Gasteiger partial charge in [0.2, 0.25) is 11.8 Å². The summed E-state index contributed by atoms with van der Waals surface area (Å²) in [5, 5.41) is 2.97. The molecule has 2 amide bonds. The quantitative estimate of drug-likeness (QED) is 0.741. The molecule has 5 heteroatoms. The van der Waals surface area contributed by atoms with Crippen molar-refractivity contribution in [3.8, 4) is 0 Å². The molecule has 0 heterocycles. The summed E-state index contributed by atoms with van der Waals surface area (Å²) in [6, 6.07) is 16.8. The Labute approximate surface area is 170 Å². The highest BCUT2D eigenvalue weighted by molar-refractivity contribution is 9.10. The second-order valence-electron chi connectivity index (χ2n) is 7.73. The molecule has 0 aromatic heterocycles. The molecule has 2 rings (SSSR count). The topological polar surface area (TPSA) is 49.4 Å². The number of hydrogen-bond acceptors (Lipinski definition) is 2. The van der Waals surface area contributed by atoms with Gasteiger partial charge in [0.15, 0.2) is 0 Å². The SMILES string of the molecule is C[C@@H](C(=O)NC(C)(C)C)N(Cc1cccc(Br)c1)C(=O)Cc1ccccc1. The van der Waals surface area contributed by atoms with Crippen molar-refractivity contribution in [2.75, 3.05) is 0 Å². The van der Waals surface area contributed by atoms with Gasteiger partial charge in [-0.05, 0) is 51.0 Å². The van der Waals surface area contributed by atoms with Crippen LogP contribution in [0.1, 0.15) is 38.8 Å². The number of nitrogens with one attached hydrogen (secondary N) is 1. The first-order chi connectivity index (χ1) is 12.7. The Balaban J connectivity index is 2.23. The number of benzene rings is 2. The number of rotatable bonds is 6. The Morgan fingerprint density at radius 1 is 1.04 bits per heavy atom. The van der Waals surface area contributed by atoms with E-state index in [4.69, 9.17) is 0 Å². The maximum absolute atomic E-state index is 13.0. The summed E-state index contributed by atoms with van der Waals surface area (Å²) in [5.74, 6) is -0.225. The molecule has 0 aliphatic rings. The lowest BCUT2D eigenvalue weighted by molar-refractivity contribution is -0.140. The third-order valence-corrected chi connectivity index (χ3v) is 4.60. The van der Waals surface area contributed by atoms with E-state index in [1.807, 2.05) is 75.4 Å². The van der Waals surface area contributed by atoms with E-state index in [0.717, 1.165) is 15.6 Å². The zero-order valence-corrected chi connectivity index (χ0v) is 17.9. The van der Waals surface area contributed by atoms with E-state index in [0.29, 0.717) is 6.54 Å². The lowest BCUT2D eigenvalue weighted by Gasteiger charge is -2.31. The van der Waals surface area contributed by atoms with Gasteiger partial charge in [0.05, 0.1) is 6.42 Å². The van der Waals surface area contributed by atoms with Crippen molar-refractivity contribution >= 4 is 27.7 Å².